The lowest BCUT2D eigenvalue weighted by Gasteiger charge is -2.32. The number of hydrogen-bond acceptors (Lipinski definition) is 4. The maximum absolute atomic E-state index is 12.5. The van der Waals surface area contributed by atoms with E-state index in [1.165, 1.54) is 7.11 Å². The van der Waals surface area contributed by atoms with Crippen molar-refractivity contribution in [1.29, 1.82) is 0 Å². The van der Waals surface area contributed by atoms with Crippen molar-refractivity contribution in [2.45, 2.75) is 26.7 Å². The number of ether oxygens (including phenoxy) is 1. The van der Waals surface area contributed by atoms with Crippen molar-refractivity contribution in [3.8, 4) is 11.1 Å². The largest absolute Gasteiger partial charge is 0.465 e. The maximum Gasteiger partial charge on any atom is 0.341 e. The zero-order valence-electron chi connectivity index (χ0n) is 15.4. The van der Waals surface area contributed by atoms with Gasteiger partial charge in [0.1, 0.15) is 10.6 Å². The van der Waals surface area contributed by atoms with Gasteiger partial charge >= 0.3 is 5.97 Å². The smallest absolute Gasteiger partial charge is 0.341 e. The molecule has 0 atom stereocenters. The van der Waals surface area contributed by atoms with Crippen LogP contribution in [0.2, 0.25) is 0 Å². The minimum atomic E-state index is -0.342. The molecule has 0 saturated carbocycles. The third-order valence-corrected chi connectivity index (χ3v) is 6.21. The van der Waals surface area contributed by atoms with E-state index in [2.05, 4.69) is 17.1 Å². The molecule has 0 radical (unpaired) electrons. The normalized spacial score (nSPS) is 15.0. The lowest BCUT2D eigenvalue weighted by molar-refractivity contribution is 0.0603. The van der Waals surface area contributed by atoms with E-state index < -0.39 is 0 Å². The lowest BCUT2D eigenvalue weighted by atomic mass is 10.00. The van der Waals surface area contributed by atoms with Gasteiger partial charge in [-0.2, -0.15) is 0 Å². The molecule has 2 aromatic rings. The molecule has 2 heterocycles. The zero-order chi connectivity index (χ0) is 18.7. The summed E-state index contributed by atoms with van der Waals surface area (Å²) in [6.07, 6.45) is 2.29. The maximum atomic E-state index is 12.5. The first-order valence-corrected chi connectivity index (χ1v) is 10.1. The van der Waals surface area contributed by atoms with Crippen LogP contribution >= 0.6 is 23.6 Å². The van der Waals surface area contributed by atoms with Crippen molar-refractivity contribution in [3.05, 3.63) is 40.8 Å². The fourth-order valence-electron chi connectivity index (χ4n) is 3.27. The van der Waals surface area contributed by atoms with E-state index in [9.17, 15) is 4.79 Å². The number of hydrogen-bond donors (Lipinski definition) is 1. The van der Waals surface area contributed by atoms with E-state index in [4.69, 9.17) is 17.0 Å². The van der Waals surface area contributed by atoms with E-state index in [-0.39, 0.29) is 5.97 Å². The summed E-state index contributed by atoms with van der Waals surface area (Å²) in [6.45, 7) is 6.21. The van der Waals surface area contributed by atoms with E-state index in [0.717, 1.165) is 52.9 Å². The average molecular weight is 389 g/mol. The molecule has 26 heavy (non-hydrogen) atoms. The number of nitrogens with zero attached hydrogens (tertiary/aromatic N) is 1. The summed E-state index contributed by atoms with van der Waals surface area (Å²) in [5.41, 5.74) is 2.49. The number of esters is 1. The van der Waals surface area contributed by atoms with Crippen LogP contribution in [0.4, 0.5) is 5.00 Å². The molecule has 1 aromatic carbocycles. The second-order valence-electron chi connectivity index (χ2n) is 6.69. The standard InChI is InChI=1S/C20H24N2O2S2/c1-13-9-11-22(12-10-13)20(25)21-18-17(19(23)24-3)16(14(2)26-18)15-7-5-4-6-8-15/h4-8,13H,9-12H2,1-3H3,(H,21,25). The number of likely N-dealkylation sites (tertiary alicyclic amines) is 1. The molecule has 0 bridgehead atoms. The van der Waals surface area contributed by atoms with Crippen LogP contribution in [-0.4, -0.2) is 36.2 Å². The molecule has 0 amide bonds. The van der Waals surface area contributed by atoms with Gasteiger partial charge in [0, 0.05) is 23.5 Å². The molecule has 0 spiro atoms. The lowest BCUT2D eigenvalue weighted by Crippen LogP contribution is -2.40. The van der Waals surface area contributed by atoms with Crippen molar-refractivity contribution in [3.63, 3.8) is 0 Å². The minimum Gasteiger partial charge on any atom is -0.465 e. The van der Waals surface area contributed by atoms with E-state index >= 15 is 0 Å². The van der Waals surface area contributed by atoms with Crippen LogP contribution in [0, 0.1) is 12.8 Å². The van der Waals surface area contributed by atoms with Gasteiger partial charge in [0.05, 0.1) is 7.11 Å². The third-order valence-electron chi connectivity index (χ3n) is 4.83. The number of thiocarbonyl (C=S) groups is 1. The first kappa shape index (κ1) is 18.9. The first-order chi connectivity index (χ1) is 12.5. The third kappa shape index (κ3) is 3.91. The van der Waals surface area contributed by atoms with Crippen LogP contribution in [0.25, 0.3) is 11.1 Å². The first-order valence-electron chi connectivity index (χ1n) is 8.84. The molecule has 6 heteroatoms. The van der Waals surface area contributed by atoms with Crippen LogP contribution in [0.3, 0.4) is 0 Å². The Morgan fingerprint density at radius 3 is 2.54 bits per heavy atom. The number of piperidine rings is 1. The highest BCUT2D eigenvalue weighted by atomic mass is 32.1. The fourth-order valence-corrected chi connectivity index (χ4v) is 4.68. The average Bonchev–Trinajstić information content (AvgIpc) is 2.98. The van der Waals surface area contributed by atoms with Gasteiger partial charge in [-0.05, 0) is 43.5 Å². The summed E-state index contributed by atoms with van der Waals surface area (Å²) in [5.74, 6) is 0.402. The molecule has 1 aliphatic rings. The number of thiophene rings is 1. The van der Waals surface area contributed by atoms with Crippen LogP contribution in [-0.2, 0) is 4.74 Å². The van der Waals surface area contributed by atoms with Gasteiger partial charge in [0.15, 0.2) is 5.11 Å². The molecule has 0 aliphatic carbocycles. The number of anilines is 1. The molecule has 0 unspecified atom stereocenters. The van der Waals surface area contributed by atoms with Gasteiger partial charge in [-0.1, -0.05) is 37.3 Å². The van der Waals surface area contributed by atoms with Crippen LogP contribution in [0.5, 0.6) is 0 Å². The Morgan fingerprint density at radius 1 is 1.27 bits per heavy atom. The molecule has 4 nitrogen and oxygen atoms in total. The minimum absolute atomic E-state index is 0.342. The Labute approximate surface area is 164 Å². The Kier molecular flexibility index (Phi) is 5.94. The molecular weight excluding hydrogens is 364 g/mol. The number of carbonyl (C=O) groups is 1. The molecule has 138 valence electrons. The topological polar surface area (TPSA) is 41.6 Å². The highest BCUT2D eigenvalue weighted by Gasteiger charge is 2.26. The second kappa shape index (κ2) is 8.18. The quantitative estimate of drug-likeness (QED) is 0.596. The van der Waals surface area contributed by atoms with E-state index in [0.29, 0.717) is 10.7 Å². The van der Waals surface area contributed by atoms with Gasteiger partial charge in [-0.15, -0.1) is 11.3 Å². The zero-order valence-corrected chi connectivity index (χ0v) is 17.0. The van der Waals surface area contributed by atoms with Gasteiger partial charge in [0.25, 0.3) is 0 Å². The summed E-state index contributed by atoms with van der Waals surface area (Å²) >= 11 is 7.16. The number of aryl methyl sites for hydroxylation is 1. The SMILES string of the molecule is COC(=O)c1c(NC(=S)N2CCC(C)CC2)sc(C)c1-c1ccccc1. The number of benzene rings is 1. The van der Waals surface area contributed by atoms with E-state index in [1.54, 1.807) is 11.3 Å². The molecule has 1 N–H and O–H groups in total. The van der Waals surface area contributed by atoms with Crippen molar-refractivity contribution in [2.24, 2.45) is 5.92 Å². The fraction of sp³-hybridized carbons (Fsp3) is 0.400. The molecule has 3 rings (SSSR count). The Bertz CT molecular complexity index is 794. The Hall–Kier alpha value is -1.92. The van der Waals surface area contributed by atoms with Crippen LogP contribution in [0.1, 0.15) is 35.0 Å². The number of rotatable bonds is 3. The summed E-state index contributed by atoms with van der Waals surface area (Å²) in [7, 11) is 1.41. The summed E-state index contributed by atoms with van der Waals surface area (Å²) in [5, 5.41) is 4.76. The molecule has 1 aromatic heterocycles. The Balaban J connectivity index is 1.92. The Morgan fingerprint density at radius 2 is 1.92 bits per heavy atom. The van der Waals surface area contributed by atoms with Crippen molar-refractivity contribution in [1.82, 2.24) is 4.90 Å². The predicted octanol–water partition coefficient (Wildman–Crippen LogP) is 4.94. The van der Waals surface area contributed by atoms with Gasteiger partial charge in [-0.25, -0.2) is 4.79 Å². The van der Waals surface area contributed by atoms with Crippen molar-refractivity contribution >= 4 is 39.6 Å². The van der Waals surface area contributed by atoms with Gasteiger partial charge in [0.2, 0.25) is 0 Å². The van der Waals surface area contributed by atoms with Gasteiger partial charge < -0.3 is 15.0 Å². The number of carbonyl (C=O) groups excluding carboxylic acids is 1. The van der Waals surface area contributed by atoms with Crippen molar-refractivity contribution in [2.75, 3.05) is 25.5 Å². The monoisotopic (exact) mass is 388 g/mol. The van der Waals surface area contributed by atoms with Gasteiger partial charge in [-0.3, -0.25) is 0 Å². The van der Waals surface area contributed by atoms with Crippen LogP contribution in [0.15, 0.2) is 30.3 Å². The molecular formula is C20H24N2O2S2. The predicted molar refractivity (Wildman–Crippen MR) is 112 cm³/mol. The second-order valence-corrected chi connectivity index (χ2v) is 8.31. The molecule has 1 fully saturated rings. The number of methoxy groups -OCH3 is 1. The highest BCUT2D eigenvalue weighted by molar-refractivity contribution is 7.80. The summed E-state index contributed by atoms with van der Waals surface area (Å²) in [6, 6.07) is 9.93. The van der Waals surface area contributed by atoms with E-state index in [1.807, 2.05) is 37.3 Å². The van der Waals surface area contributed by atoms with Crippen molar-refractivity contribution < 1.29 is 9.53 Å². The summed E-state index contributed by atoms with van der Waals surface area (Å²) in [4.78, 5) is 15.8. The summed E-state index contributed by atoms with van der Waals surface area (Å²) < 4.78 is 5.06. The molecule has 1 saturated heterocycles. The number of nitrogens with one attached hydrogen (secondary N) is 1. The highest BCUT2D eigenvalue weighted by Crippen LogP contribution is 2.40. The molecule has 1 aliphatic heterocycles. The van der Waals surface area contributed by atoms with Crippen LogP contribution < -0.4 is 5.32 Å².